The third-order valence-corrected chi connectivity index (χ3v) is 3.29. The summed E-state index contributed by atoms with van der Waals surface area (Å²) in [6, 6.07) is 1.71. The smallest absolute Gasteiger partial charge is 0.405 e. The van der Waals surface area contributed by atoms with Crippen molar-refractivity contribution in [1.82, 2.24) is 10.3 Å². The number of hydrogen-bond acceptors (Lipinski definition) is 3. The SMILES string of the molecule is CC(COc1ncc(Br)cc1Cl)CC(C)(C)NC(=O)O. The number of amides is 1. The lowest BCUT2D eigenvalue weighted by molar-refractivity contribution is 0.168. The molecule has 0 saturated heterocycles. The molecule has 0 fully saturated rings. The molecule has 7 heteroatoms. The first-order chi connectivity index (χ1) is 9.19. The van der Waals surface area contributed by atoms with Crippen molar-refractivity contribution < 1.29 is 14.6 Å². The molecule has 1 unspecified atom stereocenters. The molecular formula is C13H18BrClN2O3. The number of carboxylic acid groups (broad SMARTS) is 1. The van der Waals surface area contributed by atoms with Crippen LogP contribution in [-0.2, 0) is 0 Å². The normalized spacial score (nSPS) is 12.8. The predicted octanol–water partition coefficient (Wildman–Crippen LogP) is 3.95. The van der Waals surface area contributed by atoms with Gasteiger partial charge in [0.2, 0.25) is 5.88 Å². The van der Waals surface area contributed by atoms with E-state index < -0.39 is 11.6 Å². The summed E-state index contributed by atoms with van der Waals surface area (Å²) in [4.78, 5) is 14.8. The first-order valence-corrected chi connectivity index (χ1v) is 7.31. The van der Waals surface area contributed by atoms with Crippen molar-refractivity contribution in [2.45, 2.75) is 32.7 Å². The first-order valence-electron chi connectivity index (χ1n) is 6.14. The van der Waals surface area contributed by atoms with Gasteiger partial charge in [0.05, 0.1) is 6.61 Å². The summed E-state index contributed by atoms with van der Waals surface area (Å²) in [5.41, 5.74) is -0.508. The zero-order chi connectivity index (χ0) is 15.3. The predicted molar refractivity (Wildman–Crippen MR) is 81.5 cm³/mol. The van der Waals surface area contributed by atoms with Crippen molar-refractivity contribution >= 4 is 33.6 Å². The molecule has 0 radical (unpaired) electrons. The molecule has 1 rings (SSSR count). The highest BCUT2D eigenvalue weighted by atomic mass is 79.9. The fourth-order valence-electron chi connectivity index (χ4n) is 2.00. The van der Waals surface area contributed by atoms with Crippen molar-refractivity contribution in [2.75, 3.05) is 6.61 Å². The molecule has 1 atom stereocenters. The van der Waals surface area contributed by atoms with Gasteiger partial charge in [0.25, 0.3) is 0 Å². The molecule has 0 aromatic carbocycles. The Balaban J connectivity index is 2.50. The molecule has 0 bridgehead atoms. The van der Waals surface area contributed by atoms with Gasteiger partial charge >= 0.3 is 6.09 Å². The van der Waals surface area contributed by atoms with Gasteiger partial charge in [0.15, 0.2) is 0 Å². The molecule has 0 aliphatic heterocycles. The van der Waals surface area contributed by atoms with Gasteiger partial charge in [-0.05, 0) is 48.2 Å². The maximum absolute atomic E-state index is 10.7. The molecule has 0 saturated carbocycles. The highest BCUT2D eigenvalue weighted by Gasteiger charge is 2.23. The maximum atomic E-state index is 10.7. The van der Waals surface area contributed by atoms with Crippen molar-refractivity contribution in [3.05, 3.63) is 21.8 Å². The van der Waals surface area contributed by atoms with E-state index in [1.807, 2.05) is 20.8 Å². The lowest BCUT2D eigenvalue weighted by Crippen LogP contribution is -2.44. The lowest BCUT2D eigenvalue weighted by Gasteiger charge is -2.27. The van der Waals surface area contributed by atoms with E-state index in [1.165, 1.54) is 0 Å². The van der Waals surface area contributed by atoms with Crippen LogP contribution in [0.3, 0.4) is 0 Å². The van der Waals surface area contributed by atoms with E-state index in [-0.39, 0.29) is 5.92 Å². The molecule has 0 aliphatic carbocycles. The summed E-state index contributed by atoms with van der Waals surface area (Å²) in [6.07, 6.45) is 1.23. The zero-order valence-electron chi connectivity index (χ0n) is 11.6. The Bertz CT molecular complexity index is 483. The Labute approximate surface area is 131 Å². The van der Waals surface area contributed by atoms with Crippen molar-refractivity contribution in [3.8, 4) is 5.88 Å². The van der Waals surface area contributed by atoms with Crippen LogP contribution in [-0.4, -0.2) is 28.3 Å². The quantitative estimate of drug-likeness (QED) is 0.800. The Kier molecular flexibility index (Phi) is 6.07. The molecule has 1 aromatic rings. The highest BCUT2D eigenvalue weighted by Crippen LogP contribution is 2.26. The molecular weight excluding hydrogens is 348 g/mol. The van der Waals surface area contributed by atoms with E-state index in [2.05, 4.69) is 26.2 Å². The minimum atomic E-state index is -1.03. The number of carbonyl (C=O) groups is 1. The van der Waals surface area contributed by atoms with Crippen LogP contribution in [0.25, 0.3) is 0 Å². The molecule has 1 aromatic heterocycles. The van der Waals surface area contributed by atoms with Gasteiger partial charge in [-0.25, -0.2) is 9.78 Å². The molecule has 5 nitrogen and oxygen atoms in total. The first kappa shape index (κ1) is 17.0. The maximum Gasteiger partial charge on any atom is 0.405 e. The number of pyridine rings is 1. The Morgan fingerprint density at radius 1 is 1.65 bits per heavy atom. The molecule has 20 heavy (non-hydrogen) atoms. The highest BCUT2D eigenvalue weighted by molar-refractivity contribution is 9.10. The summed E-state index contributed by atoms with van der Waals surface area (Å²) < 4.78 is 6.35. The van der Waals surface area contributed by atoms with Crippen LogP contribution in [0.4, 0.5) is 4.79 Å². The third-order valence-electron chi connectivity index (χ3n) is 2.58. The molecule has 0 spiro atoms. The van der Waals surface area contributed by atoms with Gasteiger partial charge in [0.1, 0.15) is 5.02 Å². The second-order valence-corrected chi connectivity index (χ2v) is 6.70. The standard InChI is InChI=1S/C13H18BrClN2O3/c1-8(5-13(2,3)17-12(18)19)7-20-11-10(15)4-9(14)6-16-11/h4,6,8,17H,5,7H2,1-3H3,(H,18,19). The average Bonchev–Trinajstić information content (AvgIpc) is 2.24. The molecule has 1 amide bonds. The fourth-order valence-corrected chi connectivity index (χ4v) is 2.68. The van der Waals surface area contributed by atoms with E-state index in [4.69, 9.17) is 21.4 Å². The summed E-state index contributed by atoms with van der Waals surface area (Å²) in [5, 5.41) is 11.7. The van der Waals surface area contributed by atoms with Crippen molar-refractivity contribution in [3.63, 3.8) is 0 Å². The van der Waals surface area contributed by atoms with E-state index in [9.17, 15) is 4.79 Å². The summed E-state index contributed by atoms with van der Waals surface area (Å²) in [5.74, 6) is 0.532. The summed E-state index contributed by atoms with van der Waals surface area (Å²) >= 11 is 9.28. The number of aromatic nitrogens is 1. The van der Waals surface area contributed by atoms with Crippen LogP contribution in [0.1, 0.15) is 27.2 Å². The van der Waals surface area contributed by atoms with Gasteiger partial charge in [-0.1, -0.05) is 18.5 Å². The zero-order valence-corrected chi connectivity index (χ0v) is 14.0. The van der Waals surface area contributed by atoms with E-state index >= 15 is 0 Å². The largest absolute Gasteiger partial charge is 0.476 e. The minimum Gasteiger partial charge on any atom is -0.476 e. The van der Waals surface area contributed by atoms with E-state index in [0.717, 1.165) is 4.47 Å². The van der Waals surface area contributed by atoms with Crippen molar-refractivity contribution in [2.24, 2.45) is 5.92 Å². The Morgan fingerprint density at radius 2 is 2.30 bits per heavy atom. The number of ether oxygens (including phenoxy) is 1. The van der Waals surface area contributed by atoms with Gasteiger partial charge < -0.3 is 15.2 Å². The van der Waals surface area contributed by atoms with Gasteiger partial charge in [-0.15, -0.1) is 0 Å². The Morgan fingerprint density at radius 3 is 2.85 bits per heavy atom. The third kappa shape index (κ3) is 5.96. The monoisotopic (exact) mass is 364 g/mol. The second kappa shape index (κ2) is 7.13. The Hall–Kier alpha value is -1.01. The fraction of sp³-hybridized carbons (Fsp3) is 0.538. The van der Waals surface area contributed by atoms with Gasteiger partial charge in [-0.3, -0.25) is 0 Å². The van der Waals surface area contributed by atoms with E-state index in [0.29, 0.717) is 23.9 Å². The van der Waals surface area contributed by atoms with Crippen LogP contribution in [0.5, 0.6) is 5.88 Å². The summed E-state index contributed by atoms with van der Waals surface area (Å²) in [7, 11) is 0. The number of rotatable bonds is 6. The molecule has 1 heterocycles. The van der Waals surface area contributed by atoms with Crippen LogP contribution in [0.15, 0.2) is 16.7 Å². The van der Waals surface area contributed by atoms with Gasteiger partial charge in [-0.2, -0.15) is 0 Å². The summed E-state index contributed by atoms with van der Waals surface area (Å²) in [6.45, 7) is 6.07. The van der Waals surface area contributed by atoms with Crippen LogP contribution < -0.4 is 10.1 Å². The van der Waals surface area contributed by atoms with E-state index in [1.54, 1.807) is 12.3 Å². The molecule has 112 valence electrons. The van der Waals surface area contributed by atoms with Crippen LogP contribution in [0, 0.1) is 5.92 Å². The average molecular weight is 366 g/mol. The van der Waals surface area contributed by atoms with Gasteiger partial charge in [0, 0.05) is 16.2 Å². The molecule has 2 N–H and O–H groups in total. The number of hydrogen-bond donors (Lipinski definition) is 2. The molecule has 0 aliphatic rings. The van der Waals surface area contributed by atoms with Crippen molar-refractivity contribution in [1.29, 1.82) is 0 Å². The minimum absolute atomic E-state index is 0.151. The lowest BCUT2D eigenvalue weighted by atomic mass is 9.92. The topological polar surface area (TPSA) is 71.5 Å². The number of halogens is 2. The number of nitrogens with zero attached hydrogens (tertiary/aromatic N) is 1. The van der Waals surface area contributed by atoms with Crippen LogP contribution in [0.2, 0.25) is 5.02 Å². The second-order valence-electron chi connectivity index (χ2n) is 5.37. The van der Waals surface area contributed by atoms with Crippen LogP contribution >= 0.6 is 27.5 Å². The number of nitrogens with one attached hydrogen (secondary N) is 1.